The Morgan fingerprint density at radius 3 is 2.58 bits per heavy atom. The minimum atomic E-state index is -4.45. The lowest BCUT2D eigenvalue weighted by Crippen LogP contribution is -2.62. The van der Waals surface area contributed by atoms with Crippen LogP contribution in [0.4, 0.5) is 36.4 Å². The molecule has 2 saturated heterocycles. The second-order valence-corrected chi connectivity index (χ2v) is 10.5. The maximum absolute atomic E-state index is 13.3. The Labute approximate surface area is 212 Å². The van der Waals surface area contributed by atoms with Gasteiger partial charge in [0.25, 0.3) is 0 Å². The lowest BCUT2D eigenvalue weighted by atomic mass is 9.92. The SMILES string of the molecule is CSC1CC(Nc2nc(Nc3cccc(C(F)(F)F)c3)c(C=N)c(N3CC(N4CCOCC4)C3)n2)C1. The van der Waals surface area contributed by atoms with Crippen LogP contribution in [-0.2, 0) is 10.9 Å². The third kappa shape index (κ3) is 5.40. The number of rotatable bonds is 8. The molecule has 1 saturated carbocycles. The Morgan fingerprint density at radius 2 is 1.92 bits per heavy atom. The molecule has 0 atom stereocenters. The van der Waals surface area contributed by atoms with Gasteiger partial charge in [0.1, 0.15) is 11.6 Å². The highest BCUT2D eigenvalue weighted by Gasteiger charge is 2.36. The molecule has 3 heterocycles. The molecule has 0 bridgehead atoms. The number of morpholine rings is 1. The van der Waals surface area contributed by atoms with Gasteiger partial charge in [-0.2, -0.15) is 34.9 Å². The van der Waals surface area contributed by atoms with Gasteiger partial charge in [-0.15, -0.1) is 0 Å². The highest BCUT2D eigenvalue weighted by Crippen LogP contribution is 2.36. The van der Waals surface area contributed by atoms with Gasteiger partial charge in [0.05, 0.1) is 24.3 Å². The molecule has 1 aromatic carbocycles. The van der Waals surface area contributed by atoms with E-state index in [2.05, 4.69) is 31.7 Å². The number of nitrogens with zero attached hydrogens (tertiary/aromatic N) is 4. The minimum Gasteiger partial charge on any atom is -0.379 e. The summed E-state index contributed by atoms with van der Waals surface area (Å²) in [5, 5.41) is 15.1. The highest BCUT2D eigenvalue weighted by atomic mass is 32.2. The average Bonchev–Trinajstić information content (AvgIpc) is 2.80. The molecule has 1 aliphatic carbocycles. The van der Waals surface area contributed by atoms with Gasteiger partial charge < -0.3 is 25.7 Å². The summed E-state index contributed by atoms with van der Waals surface area (Å²) in [4.78, 5) is 13.9. The first-order chi connectivity index (χ1) is 17.3. The predicted octanol–water partition coefficient (Wildman–Crippen LogP) is 4.06. The van der Waals surface area contributed by atoms with E-state index in [0.29, 0.717) is 34.4 Å². The van der Waals surface area contributed by atoms with Crippen molar-refractivity contribution in [2.75, 3.05) is 61.2 Å². The van der Waals surface area contributed by atoms with Gasteiger partial charge in [0.2, 0.25) is 5.95 Å². The molecule has 2 aliphatic heterocycles. The van der Waals surface area contributed by atoms with Crippen LogP contribution in [0.5, 0.6) is 0 Å². The molecule has 194 valence electrons. The third-order valence-corrected chi connectivity index (χ3v) is 8.06. The fraction of sp³-hybridized carbons (Fsp3) is 0.542. The number of hydrogen-bond acceptors (Lipinski definition) is 9. The Hall–Kier alpha value is -2.57. The summed E-state index contributed by atoms with van der Waals surface area (Å²) in [6.07, 6.45) is 0.830. The molecule has 3 N–H and O–H groups in total. The van der Waals surface area contributed by atoms with Crippen LogP contribution in [0.3, 0.4) is 0 Å². The van der Waals surface area contributed by atoms with Crippen molar-refractivity contribution < 1.29 is 17.9 Å². The molecular formula is C24H30F3N7OS. The van der Waals surface area contributed by atoms with Crippen LogP contribution in [0.2, 0.25) is 0 Å². The second-order valence-electron chi connectivity index (χ2n) is 9.36. The smallest absolute Gasteiger partial charge is 0.379 e. The molecule has 1 aromatic heterocycles. The fourth-order valence-corrected chi connectivity index (χ4v) is 5.61. The zero-order valence-corrected chi connectivity index (χ0v) is 20.8. The average molecular weight is 522 g/mol. The van der Waals surface area contributed by atoms with Crippen LogP contribution in [0.25, 0.3) is 0 Å². The highest BCUT2D eigenvalue weighted by molar-refractivity contribution is 7.99. The zero-order valence-electron chi connectivity index (χ0n) is 20.0. The Bertz CT molecular complexity index is 1080. The van der Waals surface area contributed by atoms with Crippen molar-refractivity contribution in [3.8, 4) is 0 Å². The number of aromatic nitrogens is 2. The Kier molecular flexibility index (Phi) is 7.27. The van der Waals surface area contributed by atoms with Crippen LogP contribution in [-0.4, -0.2) is 84.1 Å². The van der Waals surface area contributed by atoms with Crippen molar-refractivity contribution in [3.63, 3.8) is 0 Å². The number of benzene rings is 1. The van der Waals surface area contributed by atoms with Crippen molar-refractivity contribution in [1.82, 2.24) is 14.9 Å². The van der Waals surface area contributed by atoms with Crippen LogP contribution in [0, 0.1) is 5.41 Å². The van der Waals surface area contributed by atoms with E-state index in [1.165, 1.54) is 12.3 Å². The van der Waals surface area contributed by atoms with Crippen molar-refractivity contribution in [1.29, 1.82) is 5.41 Å². The molecule has 3 aliphatic rings. The van der Waals surface area contributed by atoms with Gasteiger partial charge in [-0.25, -0.2) is 0 Å². The van der Waals surface area contributed by atoms with Gasteiger partial charge >= 0.3 is 6.18 Å². The molecule has 8 nitrogen and oxygen atoms in total. The topological polar surface area (TPSA) is 89.4 Å². The van der Waals surface area contributed by atoms with E-state index in [9.17, 15) is 13.2 Å². The standard InChI is InChI=1S/C24H30F3N7OS/c1-36-19-10-17(11-19)30-23-31-21(29-16-4-2-3-15(9-16)24(25,26)27)20(12-28)22(32-23)34-13-18(14-34)33-5-7-35-8-6-33/h2-4,9,12,17-19,28H,5-8,10-11,13-14H2,1H3,(H2,29,30,31,32). The number of halogens is 3. The molecule has 0 amide bonds. The van der Waals surface area contributed by atoms with Gasteiger partial charge in [-0.05, 0) is 37.3 Å². The van der Waals surface area contributed by atoms with Crippen LogP contribution < -0.4 is 15.5 Å². The summed E-state index contributed by atoms with van der Waals surface area (Å²) in [7, 11) is 0. The maximum Gasteiger partial charge on any atom is 0.416 e. The molecule has 3 fully saturated rings. The first kappa shape index (κ1) is 25.1. The number of nitrogens with one attached hydrogen (secondary N) is 3. The largest absolute Gasteiger partial charge is 0.416 e. The number of alkyl halides is 3. The number of ether oxygens (including phenoxy) is 1. The summed E-state index contributed by atoms with van der Waals surface area (Å²) in [5.41, 5.74) is -0.0383. The fourth-order valence-electron chi connectivity index (χ4n) is 4.76. The molecule has 12 heteroatoms. The summed E-state index contributed by atoms with van der Waals surface area (Å²) < 4.78 is 45.2. The van der Waals surface area contributed by atoms with E-state index in [1.807, 2.05) is 11.8 Å². The number of anilines is 4. The minimum absolute atomic E-state index is 0.250. The third-order valence-electron chi connectivity index (χ3n) is 7.01. The van der Waals surface area contributed by atoms with E-state index in [0.717, 1.165) is 64.4 Å². The Balaban J connectivity index is 1.41. The quantitative estimate of drug-likeness (QED) is 0.448. The lowest BCUT2D eigenvalue weighted by molar-refractivity contribution is -0.137. The van der Waals surface area contributed by atoms with Gasteiger partial charge in [-0.3, -0.25) is 4.90 Å². The predicted molar refractivity (Wildman–Crippen MR) is 137 cm³/mol. The monoisotopic (exact) mass is 521 g/mol. The second kappa shape index (κ2) is 10.4. The van der Waals surface area contributed by atoms with Crippen molar-refractivity contribution in [2.24, 2.45) is 0 Å². The van der Waals surface area contributed by atoms with Crippen LogP contribution in [0.1, 0.15) is 24.0 Å². The first-order valence-electron chi connectivity index (χ1n) is 12.1. The van der Waals surface area contributed by atoms with E-state index >= 15 is 0 Å². The molecule has 5 rings (SSSR count). The normalized spacial score (nSPS) is 23.1. The number of thioether (sulfide) groups is 1. The summed E-state index contributed by atoms with van der Waals surface area (Å²) in [6, 6.07) is 5.63. The van der Waals surface area contributed by atoms with E-state index in [4.69, 9.17) is 15.1 Å². The molecular weight excluding hydrogens is 491 g/mol. The molecule has 36 heavy (non-hydrogen) atoms. The first-order valence-corrected chi connectivity index (χ1v) is 13.4. The maximum atomic E-state index is 13.3. The summed E-state index contributed by atoms with van der Waals surface area (Å²) in [5.74, 6) is 1.35. The van der Waals surface area contributed by atoms with Crippen molar-refractivity contribution >= 4 is 41.2 Å². The number of hydrogen-bond donors (Lipinski definition) is 3. The molecule has 0 spiro atoms. The molecule has 0 unspecified atom stereocenters. The molecule has 0 radical (unpaired) electrons. The van der Waals surface area contributed by atoms with Gasteiger partial charge in [0, 0.05) is 55.4 Å². The van der Waals surface area contributed by atoms with Crippen LogP contribution >= 0.6 is 11.8 Å². The van der Waals surface area contributed by atoms with Crippen LogP contribution in [0.15, 0.2) is 24.3 Å². The van der Waals surface area contributed by atoms with Crippen molar-refractivity contribution in [3.05, 3.63) is 35.4 Å². The lowest BCUT2D eigenvalue weighted by Gasteiger charge is -2.47. The van der Waals surface area contributed by atoms with E-state index in [-0.39, 0.29) is 11.7 Å². The van der Waals surface area contributed by atoms with Gasteiger partial charge in [0.15, 0.2) is 0 Å². The summed E-state index contributed by atoms with van der Waals surface area (Å²) in [6.45, 7) is 4.78. The Morgan fingerprint density at radius 1 is 1.17 bits per heavy atom. The van der Waals surface area contributed by atoms with E-state index in [1.54, 1.807) is 6.07 Å². The zero-order chi connectivity index (χ0) is 25.3. The van der Waals surface area contributed by atoms with Gasteiger partial charge in [-0.1, -0.05) is 6.07 Å². The molecule has 2 aromatic rings. The summed E-state index contributed by atoms with van der Waals surface area (Å²) >= 11 is 1.84. The van der Waals surface area contributed by atoms with E-state index < -0.39 is 11.7 Å². The van der Waals surface area contributed by atoms with Crippen molar-refractivity contribution in [2.45, 2.75) is 36.4 Å².